The van der Waals surface area contributed by atoms with Crippen molar-refractivity contribution in [2.75, 3.05) is 0 Å². The topological polar surface area (TPSA) is 24.8 Å². The van der Waals surface area contributed by atoms with Gasteiger partial charge in [0, 0.05) is 18.4 Å². The summed E-state index contributed by atoms with van der Waals surface area (Å²) in [7, 11) is 0. The molecule has 0 fully saturated rings. The molecular weight excluding hydrogens is 284 g/mol. The van der Waals surface area contributed by atoms with E-state index in [0.29, 0.717) is 6.04 Å². The molecule has 2 atom stereocenters. The Morgan fingerprint density at radius 1 is 1.13 bits per heavy atom. The van der Waals surface area contributed by atoms with Crippen LogP contribution in [-0.2, 0) is 0 Å². The molecule has 0 radical (unpaired) electrons. The molecule has 0 bridgehead atoms. The molecule has 0 N–H and O–H groups in total. The Bertz CT molecular complexity index is 736. The van der Waals surface area contributed by atoms with Gasteiger partial charge in [0.05, 0.1) is 11.8 Å². The van der Waals surface area contributed by atoms with Gasteiger partial charge in [-0.15, -0.1) is 0 Å². The van der Waals surface area contributed by atoms with Gasteiger partial charge in [-0.05, 0) is 18.6 Å². The lowest BCUT2D eigenvalue weighted by atomic mass is 9.96. The number of para-hydroxylation sites is 1. The highest BCUT2D eigenvalue weighted by atomic mass is 16.5. The first-order valence-electron chi connectivity index (χ1n) is 8.44. The lowest BCUT2D eigenvalue weighted by Crippen LogP contribution is -2.40. The molecule has 23 heavy (non-hydrogen) atoms. The average molecular weight is 306 g/mol. The van der Waals surface area contributed by atoms with E-state index >= 15 is 0 Å². The summed E-state index contributed by atoms with van der Waals surface area (Å²) in [5.74, 6) is 1.02. The van der Waals surface area contributed by atoms with Gasteiger partial charge in [0.15, 0.2) is 6.23 Å². The summed E-state index contributed by atoms with van der Waals surface area (Å²) >= 11 is 0. The molecule has 2 aromatic rings. The van der Waals surface area contributed by atoms with Crippen LogP contribution in [0.3, 0.4) is 0 Å². The summed E-state index contributed by atoms with van der Waals surface area (Å²) in [6, 6.07) is 17.3. The van der Waals surface area contributed by atoms with Crippen molar-refractivity contribution in [2.45, 2.75) is 45.4 Å². The lowest BCUT2D eigenvalue weighted by Gasteiger charge is -2.38. The fourth-order valence-corrected chi connectivity index (χ4v) is 3.47. The predicted octanol–water partition coefficient (Wildman–Crippen LogP) is 4.66. The van der Waals surface area contributed by atoms with E-state index in [-0.39, 0.29) is 6.23 Å². The quantitative estimate of drug-likeness (QED) is 0.823. The van der Waals surface area contributed by atoms with Gasteiger partial charge in [0.1, 0.15) is 5.75 Å². The molecule has 0 aliphatic carbocycles. The number of benzene rings is 2. The maximum absolute atomic E-state index is 6.21. The predicted molar refractivity (Wildman–Crippen MR) is 92.7 cm³/mol. The van der Waals surface area contributed by atoms with E-state index in [1.165, 1.54) is 16.7 Å². The van der Waals surface area contributed by atoms with Gasteiger partial charge in [-0.2, -0.15) is 5.10 Å². The third kappa shape index (κ3) is 2.50. The van der Waals surface area contributed by atoms with Crippen LogP contribution in [-0.4, -0.2) is 16.9 Å². The second-order valence-corrected chi connectivity index (χ2v) is 6.41. The summed E-state index contributed by atoms with van der Waals surface area (Å²) in [6.45, 7) is 4.31. The number of rotatable bonds is 3. The van der Waals surface area contributed by atoms with Crippen LogP contribution >= 0.6 is 0 Å². The molecule has 0 spiro atoms. The Morgan fingerprint density at radius 2 is 1.91 bits per heavy atom. The van der Waals surface area contributed by atoms with Gasteiger partial charge >= 0.3 is 0 Å². The Kier molecular flexibility index (Phi) is 3.56. The number of hydrogen-bond donors (Lipinski definition) is 0. The van der Waals surface area contributed by atoms with Gasteiger partial charge in [-0.25, -0.2) is 0 Å². The highest BCUT2D eigenvalue weighted by Gasteiger charge is 2.39. The number of ether oxygens (including phenoxy) is 1. The van der Waals surface area contributed by atoms with Crippen molar-refractivity contribution in [1.82, 2.24) is 5.01 Å². The lowest BCUT2D eigenvalue weighted by molar-refractivity contribution is -0.0223. The molecule has 3 heteroatoms. The number of nitrogens with zero attached hydrogens (tertiary/aromatic N) is 2. The molecule has 2 aliphatic heterocycles. The fraction of sp³-hybridized carbons (Fsp3) is 0.350. The summed E-state index contributed by atoms with van der Waals surface area (Å²) in [5.41, 5.74) is 4.92. The number of hydrazone groups is 1. The number of hydrogen-bond acceptors (Lipinski definition) is 3. The molecule has 0 saturated heterocycles. The third-order valence-corrected chi connectivity index (χ3v) is 4.70. The van der Waals surface area contributed by atoms with Crippen molar-refractivity contribution in [3.63, 3.8) is 0 Å². The molecular formula is C20H22N2O. The molecule has 2 aliphatic rings. The minimum absolute atomic E-state index is 0.0443. The van der Waals surface area contributed by atoms with Crippen LogP contribution < -0.4 is 4.74 Å². The van der Waals surface area contributed by atoms with E-state index < -0.39 is 0 Å². The van der Waals surface area contributed by atoms with E-state index in [9.17, 15) is 0 Å². The standard InChI is InChI=1S/C20H22N2O/c1-3-6-20-22-18(16-7-4-5-8-19(16)23-20)13-17(21-22)15-11-9-14(2)10-12-15/h4-5,7-12,18,20H,3,6,13H2,1-2H3/t18-,20+/m0/s1. The molecule has 0 amide bonds. The minimum Gasteiger partial charge on any atom is -0.469 e. The van der Waals surface area contributed by atoms with Gasteiger partial charge in [-0.3, -0.25) is 5.01 Å². The van der Waals surface area contributed by atoms with Crippen LogP contribution in [0.1, 0.15) is 48.9 Å². The fourth-order valence-electron chi connectivity index (χ4n) is 3.47. The van der Waals surface area contributed by atoms with E-state index in [1.54, 1.807) is 0 Å². The van der Waals surface area contributed by atoms with Crippen molar-refractivity contribution in [3.05, 3.63) is 65.2 Å². The van der Waals surface area contributed by atoms with Crippen LogP contribution in [0.15, 0.2) is 53.6 Å². The molecule has 2 aromatic carbocycles. The summed E-state index contributed by atoms with van der Waals surface area (Å²) in [5, 5.41) is 7.12. The van der Waals surface area contributed by atoms with Gasteiger partial charge in [0.2, 0.25) is 0 Å². The van der Waals surface area contributed by atoms with Crippen molar-refractivity contribution < 1.29 is 4.74 Å². The summed E-state index contributed by atoms with van der Waals surface area (Å²) < 4.78 is 6.21. The smallest absolute Gasteiger partial charge is 0.187 e. The highest BCUT2D eigenvalue weighted by molar-refractivity contribution is 6.01. The van der Waals surface area contributed by atoms with E-state index in [2.05, 4.69) is 61.3 Å². The minimum atomic E-state index is 0.0443. The largest absolute Gasteiger partial charge is 0.469 e. The van der Waals surface area contributed by atoms with Crippen LogP contribution in [0.4, 0.5) is 0 Å². The zero-order valence-corrected chi connectivity index (χ0v) is 13.7. The highest BCUT2D eigenvalue weighted by Crippen LogP contribution is 2.43. The Balaban J connectivity index is 1.71. The monoisotopic (exact) mass is 306 g/mol. The molecule has 4 rings (SSSR count). The van der Waals surface area contributed by atoms with Crippen molar-refractivity contribution in [3.8, 4) is 5.75 Å². The van der Waals surface area contributed by atoms with Crippen LogP contribution in [0, 0.1) is 6.92 Å². The molecule has 0 saturated carbocycles. The van der Waals surface area contributed by atoms with Crippen LogP contribution in [0.2, 0.25) is 0 Å². The van der Waals surface area contributed by atoms with Gasteiger partial charge < -0.3 is 4.74 Å². The maximum atomic E-state index is 6.21. The van der Waals surface area contributed by atoms with Crippen molar-refractivity contribution in [1.29, 1.82) is 0 Å². The van der Waals surface area contributed by atoms with E-state index in [4.69, 9.17) is 9.84 Å². The molecule has 0 unspecified atom stereocenters. The Morgan fingerprint density at radius 3 is 2.70 bits per heavy atom. The zero-order valence-electron chi connectivity index (χ0n) is 13.7. The zero-order chi connectivity index (χ0) is 15.8. The van der Waals surface area contributed by atoms with Crippen LogP contribution in [0.5, 0.6) is 5.75 Å². The van der Waals surface area contributed by atoms with E-state index in [1.807, 2.05) is 6.07 Å². The maximum Gasteiger partial charge on any atom is 0.187 e. The second kappa shape index (κ2) is 5.73. The first-order valence-corrected chi connectivity index (χ1v) is 8.44. The summed E-state index contributed by atoms with van der Waals surface area (Å²) in [6.07, 6.45) is 3.08. The third-order valence-electron chi connectivity index (χ3n) is 4.70. The Hall–Kier alpha value is -2.29. The molecule has 0 aromatic heterocycles. The molecule has 2 heterocycles. The summed E-state index contributed by atoms with van der Waals surface area (Å²) in [4.78, 5) is 0. The van der Waals surface area contributed by atoms with Gasteiger partial charge in [-0.1, -0.05) is 61.4 Å². The number of aryl methyl sites for hydroxylation is 1. The molecule has 118 valence electrons. The SMILES string of the molecule is CCC[C@H]1Oc2ccccc2[C@@H]2CC(c3ccc(C)cc3)=NN12. The van der Waals surface area contributed by atoms with Crippen molar-refractivity contribution in [2.24, 2.45) is 5.10 Å². The van der Waals surface area contributed by atoms with Crippen molar-refractivity contribution >= 4 is 5.71 Å². The molecule has 3 nitrogen and oxygen atoms in total. The average Bonchev–Trinajstić information content (AvgIpc) is 3.02. The first kappa shape index (κ1) is 14.3. The van der Waals surface area contributed by atoms with Gasteiger partial charge in [0.25, 0.3) is 0 Å². The number of fused-ring (bicyclic) bond motifs is 3. The second-order valence-electron chi connectivity index (χ2n) is 6.41. The van der Waals surface area contributed by atoms with Crippen LogP contribution in [0.25, 0.3) is 0 Å². The van der Waals surface area contributed by atoms with E-state index in [0.717, 1.165) is 30.7 Å². The Labute approximate surface area is 137 Å². The first-order chi connectivity index (χ1) is 11.3. The normalized spacial score (nSPS) is 22.2.